The molecule has 0 bridgehead atoms. The normalized spacial score (nSPS) is 12.0. The SMILES string of the molecule is O=C(O)COc1ccc2c(c1)Oc1ccccc1C2. The molecule has 0 unspecified atom stereocenters. The van der Waals surface area contributed by atoms with Crippen molar-refractivity contribution in [2.24, 2.45) is 0 Å². The molecule has 2 aromatic carbocycles. The van der Waals surface area contributed by atoms with Gasteiger partial charge in [0, 0.05) is 12.5 Å². The Morgan fingerprint density at radius 2 is 1.95 bits per heavy atom. The molecule has 0 radical (unpaired) electrons. The van der Waals surface area contributed by atoms with Crippen LogP contribution in [0, 0.1) is 0 Å². The van der Waals surface area contributed by atoms with Crippen LogP contribution in [-0.2, 0) is 11.2 Å². The van der Waals surface area contributed by atoms with Crippen molar-refractivity contribution in [3.8, 4) is 17.2 Å². The molecule has 96 valence electrons. The lowest BCUT2D eigenvalue weighted by molar-refractivity contribution is -0.139. The Labute approximate surface area is 110 Å². The van der Waals surface area contributed by atoms with E-state index in [1.165, 1.54) is 0 Å². The fourth-order valence-electron chi connectivity index (χ4n) is 2.08. The molecule has 3 rings (SSSR count). The largest absolute Gasteiger partial charge is 0.482 e. The van der Waals surface area contributed by atoms with E-state index in [-0.39, 0.29) is 6.61 Å². The Morgan fingerprint density at radius 1 is 1.16 bits per heavy atom. The monoisotopic (exact) mass is 256 g/mol. The van der Waals surface area contributed by atoms with Gasteiger partial charge in [0.15, 0.2) is 6.61 Å². The van der Waals surface area contributed by atoms with Gasteiger partial charge < -0.3 is 14.6 Å². The first-order chi connectivity index (χ1) is 9.22. The van der Waals surface area contributed by atoms with Crippen LogP contribution in [-0.4, -0.2) is 17.7 Å². The van der Waals surface area contributed by atoms with E-state index >= 15 is 0 Å². The highest BCUT2D eigenvalue weighted by atomic mass is 16.5. The topological polar surface area (TPSA) is 55.8 Å². The number of hydrogen-bond donors (Lipinski definition) is 1. The first kappa shape index (κ1) is 11.6. The van der Waals surface area contributed by atoms with Gasteiger partial charge in [-0.05, 0) is 23.3 Å². The number of aliphatic carboxylic acids is 1. The zero-order valence-corrected chi connectivity index (χ0v) is 10.1. The predicted molar refractivity (Wildman–Crippen MR) is 68.9 cm³/mol. The number of hydrogen-bond acceptors (Lipinski definition) is 3. The van der Waals surface area contributed by atoms with Crippen molar-refractivity contribution >= 4 is 5.97 Å². The van der Waals surface area contributed by atoms with Crippen LogP contribution < -0.4 is 9.47 Å². The standard InChI is InChI=1S/C15H12O4/c16-15(17)9-18-12-6-5-11-7-10-3-1-2-4-13(10)19-14(11)8-12/h1-6,8H,7,9H2,(H,16,17). The van der Waals surface area contributed by atoms with Crippen LogP contribution in [0.5, 0.6) is 17.2 Å². The van der Waals surface area contributed by atoms with E-state index in [0.29, 0.717) is 5.75 Å². The first-order valence-corrected chi connectivity index (χ1v) is 5.95. The second-order valence-corrected chi connectivity index (χ2v) is 4.34. The molecule has 0 saturated carbocycles. The molecular formula is C15H12O4. The maximum atomic E-state index is 10.5. The molecule has 0 aliphatic carbocycles. The van der Waals surface area contributed by atoms with Crippen LogP contribution >= 0.6 is 0 Å². The summed E-state index contributed by atoms with van der Waals surface area (Å²) in [6.07, 6.45) is 0.810. The van der Waals surface area contributed by atoms with Crippen molar-refractivity contribution in [2.45, 2.75) is 6.42 Å². The molecule has 0 aromatic heterocycles. The van der Waals surface area contributed by atoms with E-state index in [2.05, 4.69) is 0 Å². The maximum Gasteiger partial charge on any atom is 0.341 e. The number of benzene rings is 2. The minimum atomic E-state index is -0.996. The van der Waals surface area contributed by atoms with Crippen LogP contribution in [0.1, 0.15) is 11.1 Å². The molecule has 2 aromatic rings. The Balaban J connectivity index is 1.85. The molecule has 0 saturated heterocycles. The number of fused-ring (bicyclic) bond motifs is 2. The Morgan fingerprint density at radius 3 is 2.79 bits per heavy atom. The van der Waals surface area contributed by atoms with Gasteiger partial charge in [-0.15, -0.1) is 0 Å². The molecule has 0 spiro atoms. The van der Waals surface area contributed by atoms with Gasteiger partial charge in [-0.3, -0.25) is 0 Å². The molecule has 4 heteroatoms. The average Bonchev–Trinajstić information content (AvgIpc) is 2.42. The minimum absolute atomic E-state index is 0.352. The molecule has 1 aliphatic heterocycles. The van der Waals surface area contributed by atoms with Crippen molar-refractivity contribution < 1.29 is 19.4 Å². The Kier molecular flexibility index (Phi) is 2.83. The number of rotatable bonds is 3. The Bertz CT molecular complexity index is 634. The lowest BCUT2D eigenvalue weighted by Gasteiger charge is -2.20. The number of ether oxygens (including phenoxy) is 2. The predicted octanol–water partition coefficient (Wildman–Crippen LogP) is 2.85. The molecule has 0 atom stereocenters. The molecule has 1 heterocycles. The van der Waals surface area contributed by atoms with Crippen LogP contribution in [0.3, 0.4) is 0 Å². The summed E-state index contributed by atoms with van der Waals surface area (Å²) in [5, 5.41) is 8.59. The van der Waals surface area contributed by atoms with Crippen LogP contribution in [0.2, 0.25) is 0 Å². The number of carboxylic acids is 1. The number of carbonyl (C=O) groups is 1. The summed E-state index contributed by atoms with van der Waals surface area (Å²) >= 11 is 0. The first-order valence-electron chi connectivity index (χ1n) is 5.95. The van der Waals surface area contributed by atoms with Crippen molar-refractivity contribution in [3.63, 3.8) is 0 Å². The molecule has 0 fully saturated rings. The summed E-state index contributed by atoms with van der Waals surface area (Å²) < 4.78 is 10.9. The van der Waals surface area contributed by atoms with Crippen molar-refractivity contribution in [1.82, 2.24) is 0 Å². The van der Waals surface area contributed by atoms with E-state index in [9.17, 15) is 4.79 Å². The van der Waals surface area contributed by atoms with Gasteiger partial charge >= 0.3 is 5.97 Å². The van der Waals surface area contributed by atoms with Gasteiger partial charge in [0.2, 0.25) is 0 Å². The van der Waals surface area contributed by atoms with Gasteiger partial charge in [-0.25, -0.2) is 4.79 Å². The smallest absolute Gasteiger partial charge is 0.341 e. The molecule has 4 nitrogen and oxygen atoms in total. The third-order valence-electron chi connectivity index (χ3n) is 2.97. The van der Waals surface area contributed by atoms with E-state index < -0.39 is 5.97 Å². The zero-order chi connectivity index (χ0) is 13.2. The fourth-order valence-corrected chi connectivity index (χ4v) is 2.08. The van der Waals surface area contributed by atoms with Crippen molar-refractivity contribution in [1.29, 1.82) is 0 Å². The van der Waals surface area contributed by atoms with Crippen LogP contribution in [0.25, 0.3) is 0 Å². The van der Waals surface area contributed by atoms with Gasteiger partial charge in [0.1, 0.15) is 17.2 Å². The summed E-state index contributed by atoms with van der Waals surface area (Å²) in [6, 6.07) is 13.3. The third-order valence-corrected chi connectivity index (χ3v) is 2.97. The second-order valence-electron chi connectivity index (χ2n) is 4.34. The minimum Gasteiger partial charge on any atom is -0.482 e. The summed E-state index contributed by atoms with van der Waals surface area (Å²) in [4.78, 5) is 10.5. The third kappa shape index (κ3) is 2.38. The summed E-state index contributed by atoms with van der Waals surface area (Å²) in [5.74, 6) is 1.07. The molecule has 1 N–H and O–H groups in total. The lowest BCUT2D eigenvalue weighted by atomic mass is 10.0. The highest BCUT2D eigenvalue weighted by Gasteiger charge is 2.17. The second kappa shape index (κ2) is 4.65. The van der Waals surface area contributed by atoms with Gasteiger partial charge in [0.25, 0.3) is 0 Å². The summed E-state index contributed by atoms with van der Waals surface area (Å²) in [7, 11) is 0. The van der Waals surface area contributed by atoms with E-state index in [0.717, 1.165) is 29.0 Å². The van der Waals surface area contributed by atoms with E-state index in [4.69, 9.17) is 14.6 Å². The fraction of sp³-hybridized carbons (Fsp3) is 0.133. The average molecular weight is 256 g/mol. The van der Waals surface area contributed by atoms with Gasteiger partial charge in [-0.2, -0.15) is 0 Å². The molecule has 1 aliphatic rings. The molecular weight excluding hydrogens is 244 g/mol. The van der Waals surface area contributed by atoms with Crippen molar-refractivity contribution in [3.05, 3.63) is 53.6 Å². The molecule has 19 heavy (non-hydrogen) atoms. The number of carboxylic acid groups (broad SMARTS) is 1. The van der Waals surface area contributed by atoms with Gasteiger partial charge in [0.05, 0.1) is 0 Å². The Hall–Kier alpha value is -2.49. The van der Waals surface area contributed by atoms with E-state index in [1.807, 2.05) is 30.3 Å². The highest BCUT2D eigenvalue weighted by Crippen LogP contribution is 2.38. The number of para-hydroxylation sites is 1. The zero-order valence-electron chi connectivity index (χ0n) is 10.1. The van der Waals surface area contributed by atoms with Gasteiger partial charge in [-0.1, -0.05) is 24.3 Å². The van der Waals surface area contributed by atoms with Crippen LogP contribution in [0.15, 0.2) is 42.5 Å². The summed E-state index contributed by atoms with van der Waals surface area (Å²) in [5.41, 5.74) is 2.22. The quantitative estimate of drug-likeness (QED) is 0.782. The summed E-state index contributed by atoms with van der Waals surface area (Å²) in [6.45, 7) is -0.352. The lowest BCUT2D eigenvalue weighted by Crippen LogP contribution is -2.10. The van der Waals surface area contributed by atoms with Crippen molar-refractivity contribution in [2.75, 3.05) is 6.61 Å². The molecule has 0 amide bonds. The maximum absolute atomic E-state index is 10.5. The van der Waals surface area contributed by atoms with Crippen LogP contribution in [0.4, 0.5) is 0 Å². The highest BCUT2D eigenvalue weighted by molar-refractivity contribution is 5.68. The van der Waals surface area contributed by atoms with E-state index in [1.54, 1.807) is 12.1 Å².